The number of carboxylic acid groups (broad SMARTS) is 1. The van der Waals surface area contributed by atoms with E-state index in [0.29, 0.717) is 0 Å². The molecule has 40 valence electrons. The van der Waals surface area contributed by atoms with E-state index in [1.54, 1.807) is 0 Å². The van der Waals surface area contributed by atoms with E-state index in [1.165, 1.54) is 6.08 Å². The number of hydrogen-bond acceptors (Lipinski definition) is 2. The van der Waals surface area contributed by atoms with Crippen LogP contribution >= 0.6 is 0 Å². The number of carbonyl (C=O) groups is 1. The highest BCUT2D eigenvalue weighted by atomic mass is 16.6. The first-order valence-corrected chi connectivity index (χ1v) is 1.79. The molecule has 0 spiro atoms. The van der Waals surface area contributed by atoms with Gasteiger partial charge in [0.25, 0.3) is 0 Å². The van der Waals surface area contributed by atoms with Crippen LogP contribution < -0.4 is 5.73 Å². The third-order valence-electron chi connectivity index (χ3n) is 0.539. The van der Waals surface area contributed by atoms with E-state index in [9.17, 15) is 4.79 Å². The number of aliphatic carboxylic acids is 1. The first kappa shape index (κ1) is 6.17. The smallest absolute Gasteiger partial charge is 0.324 e. The minimum absolute atomic E-state index is 0.917. The number of carboxylic acids is 1. The average Bonchev–Trinajstić information content (AvgIpc) is 1.65. The van der Waals surface area contributed by atoms with Crippen molar-refractivity contribution < 1.29 is 9.90 Å². The highest BCUT2D eigenvalue weighted by molar-refractivity contribution is 5.75. The van der Waals surface area contributed by atoms with Gasteiger partial charge in [-0.2, -0.15) is 0 Å². The van der Waals surface area contributed by atoms with Gasteiger partial charge in [-0.3, -0.25) is 4.79 Å². The van der Waals surface area contributed by atoms with Gasteiger partial charge in [0.05, 0.1) is 0 Å². The molecular formula is C4H7NO2. The van der Waals surface area contributed by atoms with E-state index in [4.69, 9.17) is 10.8 Å². The highest BCUT2D eigenvalue weighted by Crippen LogP contribution is 1.74. The number of rotatable bonds is 2. The summed E-state index contributed by atoms with van der Waals surface area (Å²) in [5, 5.41) is 7.99. The van der Waals surface area contributed by atoms with Crippen LogP contribution in [0.3, 0.4) is 0 Å². The van der Waals surface area contributed by atoms with E-state index >= 15 is 0 Å². The summed E-state index contributed by atoms with van der Waals surface area (Å²) in [6.45, 7) is 3.18. The van der Waals surface area contributed by atoms with Crippen LogP contribution in [0.1, 0.15) is 0 Å². The first-order valence-electron chi connectivity index (χ1n) is 1.79. The van der Waals surface area contributed by atoms with E-state index in [-0.39, 0.29) is 0 Å². The molecule has 0 aliphatic heterocycles. The summed E-state index contributed by atoms with van der Waals surface area (Å²) >= 11 is 0. The molecular weight excluding hydrogens is 96.0 g/mol. The molecule has 0 aliphatic carbocycles. The fraction of sp³-hybridized carbons (Fsp3) is 0.250. The molecule has 0 aromatic heterocycles. The van der Waals surface area contributed by atoms with Gasteiger partial charge >= 0.3 is 5.97 Å². The molecule has 0 rings (SSSR count). The van der Waals surface area contributed by atoms with Crippen molar-refractivity contribution in [3.05, 3.63) is 12.7 Å². The largest absolute Gasteiger partial charge is 0.480 e. The van der Waals surface area contributed by atoms with Crippen LogP contribution in [0.25, 0.3) is 0 Å². The van der Waals surface area contributed by atoms with E-state index < -0.39 is 12.0 Å². The zero-order valence-corrected chi connectivity index (χ0v) is 3.79. The summed E-state index contributed by atoms with van der Waals surface area (Å²) in [5.41, 5.74) is 4.90. The fourth-order valence-corrected chi connectivity index (χ4v) is 0.101. The van der Waals surface area contributed by atoms with Crippen LogP contribution in [-0.2, 0) is 4.79 Å². The Kier molecular flexibility index (Phi) is 2.08. The summed E-state index contributed by atoms with van der Waals surface area (Å²) in [5.74, 6) is -1.05. The van der Waals surface area contributed by atoms with Gasteiger partial charge in [-0.1, -0.05) is 6.08 Å². The van der Waals surface area contributed by atoms with E-state index in [1.807, 2.05) is 0 Å². The highest BCUT2D eigenvalue weighted by Gasteiger charge is 2.02. The second-order valence-corrected chi connectivity index (χ2v) is 1.10. The normalized spacial score (nSPS) is 12.7. The molecule has 0 bridgehead atoms. The van der Waals surface area contributed by atoms with E-state index in [2.05, 4.69) is 6.58 Å². The predicted molar refractivity (Wildman–Crippen MR) is 25.8 cm³/mol. The molecule has 0 aliphatic rings. The molecule has 0 heterocycles. The van der Waals surface area contributed by atoms with Crippen molar-refractivity contribution in [2.45, 2.75) is 6.04 Å². The Bertz CT molecular complexity index is 89.7. The van der Waals surface area contributed by atoms with Gasteiger partial charge < -0.3 is 10.8 Å². The zero-order chi connectivity index (χ0) is 5.86. The Morgan fingerprint density at radius 1 is 2.00 bits per heavy atom. The molecule has 3 nitrogen and oxygen atoms in total. The van der Waals surface area contributed by atoms with Crippen LogP contribution in [-0.4, -0.2) is 17.1 Å². The molecule has 0 fully saturated rings. The maximum Gasteiger partial charge on any atom is 0.324 e. The second-order valence-electron chi connectivity index (χ2n) is 1.10. The SMILES string of the molecule is C=CC(N)[14C](=O)O. The zero-order valence-electron chi connectivity index (χ0n) is 3.79. The second kappa shape index (κ2) is 2.36. The molecule has 1 atom stereocenters. The molecule has 3 heteroatoms. The molecule has 0 saturated carbocycles. The Hall–Kier alpha value is -0.830. The van der Waals surface area contributed by atoms with Crippen molar-refractivity contribution in [3.8, 4) is 0 Å². The van der Waals surface area contributed by atoms with Crippen molar-refractivity contribution in [2.75, 3.05) is 0 Å². The van der Waals surface area contributed by atoms with Crippen molar-refractivity contribution in [2.24, 2.45) is 5.73 Å². The van der Waals surface area contributed by atoms with Crippen LogP contribution in [0.4, 0.5) is 0 Å². The third kappa shape index (κ3) is 1.94. The lowest BCUT2D eigenvalue weighted by Crippen LogP contribution is -2.26. The average molecular weight is 103 g/mol. The summed E-state index contributed by atoms with van der Waals surface area (Å²) in [6.07, 6.45) is 1.17. The Labute approximate surface area is 41.4 Å². The van der Waals surface area contributed by atoms with Crippen LogP contribution in [0, 0.1) is 0 Å². The predicted octanol–water partition coefficient (Wildman–Crippen LogP) is -0.416. The standard InChI is InChI=1S/C4H7NO2/c1-2-3(5)4(6)7/h2-3H,1,5H2,(H,6,7)/i4+2. The minimum Gasteiger partial charge on any atom is -0.480 e. The molecule has 0 amide bonds. The Balaban J connectivity index is 3.55. The van der Waals surface area contributed by atoms with Crippen LogP contribution in [0.2, 0.25) is 0 Å². The summed E-state index contributed by atoms with van der Waals surface area (Å²) in [4.78, 5) is 9.73. The molecule has 0 radical (unpaired) electrons. The lowest BCUT2D eigenvalue weighted by atomic mass is 10.5. The third-order valence-corrected chi connectivity index (χ3v) is 0.539. The number of nitrogens with two attached hydrogens (primary N) is 1. The maximum atomic E-state index is 9.73. The van der Waals surface area contributed by atoms with Crippen molar-refractivity contribution in [1.29, 1.82) is 0 Å². The van der Waals surface area contributed by atoms with Gasteiger partial charge in [-0.15, -0.1) is 6.58 Å². The molecule has 1 unspecified atom stereocenters. The van der Waals surface area contributed by atoms with Gasteiger partial charge in [-0.05, 0) is 0 Å². The lowest BCUT2D eigenvalue weighted by Gasteiger charge is -1.92. The monoisotopic (exact) mass is 103 g/mol. The van der Waals surface area contributed by atoms with E-state index in [0.717, 1.165) is 0 Å². The summed E-state index contributed by atoms with van der Waals surface area (Å²) in [7, 11) is 0. The minimum atomic E-state index is -1.05. The quantitative estimate of drug-likeness (QED) is 0.467. The van der Waals surface area contributed by atoms with Gasteiger partial charge in [0, 0.05) is 0 Å². The van der Waals surface area contributed by atoms with Crippen LogP contribution in [0.5, 0.6) is 0 Å². The van der Waals surface area contributed by atoms with Crippen molar-refractivity contribution >= 4 is 5.97 Å². The molecule has 7 heavy (non-hydrogen) atoms. The van der Waals surface area contributed by atoms with Crippen molar-refractivity contribution in [1.82, 2.24) is 0 Å². The molecule has 0 aromatic rings. The Morgan fingerprint density at radius 2 is 2.43 bits per heavy atom. The van der Waals surface area contributed by atoms with Gasteiger partial charge in [-0.25, -0.2) is 0 Å². The molecule has 0 aromatic carbocycles. The summed E-state index contributed by atoms with van der Waals surface area (Å²) in [6, 6.07) is -0.917. The molecule has 3 N–H and O–H groups in total. The number of hydrogen-bond donors (Lipinski definition) is 2. The summed E-state index contributed by atoms with van der Waals surface area (Å²) < 4.78 is 0. The van der Waals surface area contributed by atoms with Crippen molar-refractivity contribution in [3.63, 3.8) is 0 Å². The Morgan fingerprint density at radius 3 is 2.43 bits per heavy atom. The van der Waals surface area contributed by atoms with Crippen LogP contribution in [0.15, 0.2) is 12.7 Å². The van der Waals surface area contributed by atoms with Gasteiger partial charge in [0.15, 0.2) is 0 Å². The molecule has 0 saturated heterocycles. The first-order chi connectivity index (χ1) is 3.18. The maximum absolute atomic E-state index is 9.73. The lowest BCUT2D eigenvalue weighted by molar-refractivity contribution is -0.137. The fourth-order valence-electron chi connectivity index (χ4n) is 0.101. The van der Waals surface area contributed by atoms with Gasteiger partial charge in [0.2, 0.25) is 0 Å². The van der Waals surface area contributed by atoms with Gasteiger partial charge in [0.1, 0.15) is 6.04 Å². The topological polar surface area (TPSA) is 63.3 Å².